The Kier molecular flexibility index (Phi) is 7.75. The largest absolute Gasteiger partial charge is 0.350 e. The van der Waals surface area contributed by atoms with Crippen molar-refractivity contribution in [2.45, 2.75) is 26.3 Å². The molecule has 2 aromatic rings. The zero-order valence-corrected chi connectivity index (χ0v) is 15.1. The van der Waals surface area contributed by atoms with Crippen molar-refractivity contribution in [3.63, 3.8) is 0 Å². The number of aryl methyl sites for hydroxylation is 2. The lowest BCUT2D eigenvalue weighted by atomic mass is 10.1. The summed E-state index contributed by atoms with van der Waals surface area (Å²) >= 11 is 1.35. The van der Waals surface area contributed by atoms with E-state index in [4.69, 9.17) is 11.6 Å². The number of thiazole rings is 1. The molecular weight excluding hydrogens is 369 g/mol. The summed E-state index contributed by atoms with van der Waals surface area (Å²) in [5.41, 5.74) is 6.94. The molecule has 0 aliphatic carbocycles. The van der Waals surface area contributed by atoms with E-state index >= 15 is 0 Å². The van der Waals surface area contributed by atoms with Crippen LogP contribution in [-0.4, -0.2) is 21.9 Å². The average molecular weight is 388 g/mol. The molecule has 5 N–H and O–H groups in total. The third-order valence-corrected chi connectivity index (χ3v) is 4.05. The van der Waals surface area contributed by atoms with E-state index in [1.807, 2.05) is 5.38 Å². The maximum absolute atomic E-state index is 14.1. The Morgan fingerprint density at radius 2 is 2.08 bits per heavy atom. The first kappa shape index (κ1) is 20.8. The number of amides is 3. The van der Waals surface area contributed by atoms with Crippen LogP contribution in [0.4, 0.5) is 14.3 Å². The molecule has 0 aliphatic heterocycles. The Labute approximate surface area is 154 Å². The second-order valence-corrected chi connectivity index (χ2v) is 6.08. The highest BCUT2D eigenvalue weighted by atomic mass is 35.5. The number of hydrogen-bond acceptors (Lipinski definition) is 5. The number of nitrogens with zero attached hydrogens (tertiary/aromatic N) is 2. The third-order valence-electron chi connectivity index (χ3n) is 3.25. The predicted octanol–water partition coefficient (Wildman–Crippen LogP) is 2.20. The number of rotatable bonds is 6. The molecule has 0 radical (unpaired) electrons. The first-order valence-corrected chi connectivity index (χ1v) is 8.04. The SMILES string of the molecule is CC(=O)Nc1nc(CCc2ccc(CN(N)C(N)=O)c(F)c2)cs1.Cl. The number of nitrogens with two attached hydrogens (primary N) is 2. The monoisotopic (exact) mass is 387 g/mol. The Balaban J connectivity index is 0.00000312. The van der Waals surface area contributed by atoms with E-state index in [0.717, 1.165) is 16.3 Å². The van der Waals surface area contributed by atoms with Crippen LogP contribution in [-0.2, 0) is 24.2 Å². The van der Waals surface area contributed by atoms with Gasteiger partial charge >= 0.3 is 6.03 Å². The smallest absolute Gasteiger partial charge is 0.329 e. The van der Waals surface area contributed by atoms with Gasteiger partial charge in [0, 0.05) is 17.9 Å². The van der Waals surface area contributed by atoms with Crippen molar-refractivity contribution in [2.75, 3.05) is 5.32 Å². The molecule has 25 heavy (non-hydrogen) atoms. The fraction of sp³-hybridized carbons (Fsp3) is 0.267. The second-order valence-electron chi connectivity index (χ2n) is 5.22. The number of primary amides is 1. The number of carbonyl (C=O) groups excluding carboxylic acids is 2. The van der Waals surface area contributed by atoms with Crippen LogP contribution >= 0.6 is 23.7 Å². The summed E-state index contributed by atoms with van der Waals surface area (Å²) < 4.78 is 14.1. The van der Waals surface area contributed by atoms with Crippen LogP contribution in [0.5, 0.6) is 0 Å². The highest BCUT2D eigenvalue weighted by Crippen LogP contribution is 2.18. The summed E-state index contributed by atoms with van der Waals surface area (Å²) in [5, 5.41) is 5.77. The normalized spacial score (nSPS) is 10.0. The van der Waals surface area contributed by atoms with E-state index in [1.165, 1.54) is 24.3 Å². The summed E-state index contributed by atoms with van der Waals surface area (Å²) in [5.74, 6) is 4.77. The number of benzene rings is 1. The molecule has 2 rings (SSSR count). The lowest BCUT2D eigenvalue weighted by Gasteiger charge is -2.14. The van der Waals surface area contributed by atoms with E-state index in [-0.39, 0.29) is 24.9 Å². The highest BCUT2D eigenvalue weighted by molar-refractivity contribution is 7.13. The lowest BCUT2D eigenvalue weighted by Crippen LogP contribution is -2.40. The lowest BCUT2D eigenvalue weighted by molar-refractivity contribution is -0.114. The van der Waals surface area contributed by atoms with Crippen molar-refractivity contribution in [1.29, 1.82) is 0 Å². The van der Waals surface area contributed by atoms with Gasteiger partial charge in [0.15, 0.2) is 5.13 Å². The van der Waals surface area contributed by atoms with Gasteiger partial charge in [-0.3, -0.25) is 9.80 Å². The molecule has 0 aliphatic rings. The first-order chi connectivity index (χ1) is 11.3. The van der Waals surface area contributed by atoms with Crippen molar-refractivity contribution in [1.82, 2.24) is 9.99 Å². The molecule has 0 atom stereocenters. The van der Waals surface area contributed by atoms with Gasteiger partial charge in [-0.05, 0) is 24.5 Å². The fourth-order valence-electron chi connectivity index (χ4n) is 2.04. The molecule has 7 nitrogen and oxygen atoms in total. The Morgan fingerprint density at radius 3 is 2.68 bits per heavy atom. The minimum absolute atomic E-state index is 0. The number of anilines is 1. The van der Waals surface area contributed by atoms with Crippen LogP contribution in [0.1, 0.15) is 23.7 Å². The van der Waals surface area contributed by atoms with Crippen molar-refractivity contribution < 1.29 is 14.0 Å². The standard InChI is InChI=1S/C15H18FN5O2S.ClH/c1-9(22)19-15-20-12(8-24-15)5-3-10-2-4-11(13(16)6-10)7-21(18)14(17)23;/h2,4,6,8H,3,5,7,18H2,1H3,(H2,17,23)(H,19,20,22);1H. The van der Waals surface area contributed by atoms with Crippen molar-refractivity contribution >= 4 is 40.8 Å². The number of halogens is 2. The molecule has 0 saturated heterocycles. The molecular formula is C15H19ClFN5O2S. The number of urea groups is 1. The molecule has 1 heterocycles. The van der Waals surface area contributed by atoms with Crippen molar-refractivity contribution in [2.24, 2.45) is 11.6 Å². The van der Waals surface area contributed by atoms with E-state index in [2.05, 4.69) is 10.3 Å². The van der Waals surface area contributed by atoms with Crippen LogP contribution in [0.15, 0.2) is 23.6 Å². The zero-order chi connectivity index (χ0) is 17.7. The van der Waals surface area contributed by atoms with Gasteiger partial charge in [-0.15, -0.1) is 23.7 Å². The quantitative estimate of drug-likeness (QED) is 0.400. The van der Waals surface area contributed by atoms with E-state index in [1.54, 1.807) is 12.1 Å². The number of carbonyl (C=O) groups is 2. The van der Waals surface area contributed by atoms with Crippen LogP contribution in [0, 0.1) is 5.82 Å². The van der Waals surface area contributed by atoms with Crippen LogP contribution in [0.2, 0.25) is 0 Å². The van der Waals surface area contributed by atoms with Gasteiger partial charge in [0.25, 0.3) is 0 Å². The maximum atomic E-state index is 14.1. The first-order valence-electron chi connectivity index (χ1n) is 7.16. The summed E-state index contributed by atoms with van der Waals surface area (Å²) in [4.78, 5) is 26.1. The van der Waals surface area contributed by atoms with Gasteiger partial charge in [0.2, 0.25) is 5.91 Å². The summed E-state index contributed by atoms with van der Waals surface area (Å²) in [6.07, 6.45) is 1.22. The number of hydrazine groups is 1. The Morgan fingerprint density at radius 1 is 1.36 bits per heavy atom. The molecule has 0 bridgehead atoms. The minimum Gasteiger partial charge on any atom is -0.350 e. The summed E-state index contributed by atoms with van der Waals surface area (Å²) in [7, 11) is 0. The fourth-order valence-corrected chi connectivity index (χ4v) is 2.83. The molecule has 136 valence electrons. The van der Waals surface area contributed by atoms with E-state index in [9.17, 15) is 14.0 Å². The molecule has 0 fully saturated rings. The molecule has 3 amide bonds. The highest BCUT2D eigenvalue weighted by Gasteiger charge is 2.10. The Bertz CT molecular complexity index is 755. The maximum Gasteiger partial charge on any atom is 0.329 e. The van der Waals surface area contributed by atoms with Gasteiger partial charge in [-0.2, -0.15) is 0 Å². The van der Waals surface area contributed by atoms with Gasteiger partial charge in [0.05, 0.1) is 12.2 Å². The van der Waals surface area contributed by atoms with E-state index in [0.29, 0.717) is 23.5 Å². The Hall–Kier alpha value is -2.23. The molecule has 0 spiro atoms. The van der Waals surface area contributed by atoms with Gasteiger partial charge < -0.3 is 11.1 Å². The third kappa shape index (κ3) is 6.29. The van der Waals surface area contributed by atoms with Gasteiger partial charge in [-0.25, -0.2) is 20.0 Å². The summed E-state index contributed by atoms with van der Waals surface area (Å²) in [6.45, 7) is 1.33. The van der Waals surface area contributed by atoms with Gasteiger partial charge in [-0.1, -0.05) is 12.1 Å². The van der Waals surface area contributed by atoms with E-state index < -0.39 is 11.8 Å². The number of nitrogens with one attached hydrogen (secondary N) is 1. The molecule has 0 saturated carbocycles. The number of hydrogen-bond donors (Lipinski definition) is 3. The van der Waals surface area contributed by atoms with Crippen LogP contribution in [0.25, 0.3) is 0 Å². The van der Waals surface area contributed by atoms with Gasteiger partial charge in [0.1, 0.15) is 5.82 Å². The van der Waals surface area contributed by atoms with Crippen LogP contribution in [0.3, 0.4) is 0 Å². The molecule has 10 heteroatoms. The molecule has 0 unspecified atom stereocenters. The summed E-state index contributed by atoms with van der Waals surface area (Å²) in [6, 6.07) is 3.94. The topological polar surface area (TPSA) is 114 Å². The van der Waals surface area contributed by atoms with Crippen molar-refractivity contribution in [3.05, 3.63) is 46.2 Å². The van der Waals surface area contributed by atoms with Crippen molar-refractivity contribution in [3.8, 4) is 0 Å². The predicted molar refractivity (Wildman–Crippen MR) is 96.8 cm³/mol. The molecule has 1 aromatic carbocycles. The molecule has 1 aromatic heterocycles. The second kappa shape index (κ2) is 9.30. The zero-order valence-electron chi connectivity index (χ0n) is 13.5. The average Bonchev–Trinajstić information content (AvgIpc) is 2.94. The minimum atomic E-state index is -0.822. The number of aromatic nitrogens is 1. The van der Waals surface area contributed by atoms with Crippen LogP contribution < -0.4 is 16.9 Å².